The molecule has 0 aliphatic rings. The summed E-state index contributed by atoms with van der Waals surface area (Å²) in [5.74, 6) is 0.132. The van der Waals surface area contributed by atoms with Gasteiger partial charge in [0.05, 0.1) is 16.7 Å². The van der Waals surface area contributed by atoms with Gasteiger partial charge in [0, 0.05) is 5.69 Å². The monoisotopic (exact) mass is 402 g/mol. The van der Waals surface area contributed by atoms with Crippen molar-refractivity contribution in [2.24, 2.45) is 0 Å². The number of anilines is 1. The lowest BCUT2D eigenvalue weighted by molar-refractivity contribution is -0.118. The van der Waals surface area contributed by atoms with E-state index in [0.29, 0.717) is 16.3 Å². The molecule has 1 amide bonds. The Morgan fingerprint density at radius 3 is 2.59 bits per heavy atom. The number of nitriles is 1. The average molecular weight is 403 g/mol. The number of carbonyl (C=O) groups excluding carboxylic acids is 1. The molecule has 0 aliphatic heterocycles. The number of amides is 1. The predicted octanol–water partition coefficient (Wildman–Crippen LogP) is 5.73. The van der Waals surface area contributed by atoms with E-state index in [9.17, 15) is 10.1 Å². The van der Waals surface area contributed by atoms with Gasteiger partial charge in [0.15, 0.2) is 6.61 Å². The van der Waals surface area contributed by atoms with Gasteiger partial charge < -0.3 is 10.1 Å². The first-order chi connectivity index (χ1) is 14.0. The molecule has 5 heteroatoms. The molecule has 0 heterocycles. The Balaban J connectivity index is 1.66. The van der Waals surface area contributed by atoms with E-state index in [1.54, 1.807) is 24.3 Å². The zero-order valence-electron chi connectivity index (χ0n) is 15.9. The second-order valence-corrected chi connectivity index (χ2v) is 6.84. The van der Waals surface area contributed by atoms with Crippen molar-refractivity contribution in [3.63, 3.8) is 0 Å². The van der Waals surface area contributed by atoms with Crippen molar-refractivity contribution in [2.45, 2.75) is 6.92 Å². The second kappa shape index (κ2) is 9.59. The molecule has 3 aromatic carbocycles. The fourth-order valence-corrected chi connectivity index (χ4v) is 3.00. The summed E-state index contributed by atoms with van der Waals surface area (Å²) in [5, 5.41) is 12.6. The summed E-state index contributed by atoms with van der Waals surface area (Å²) in [7, 11) is 0. The fraction of sp³-hybridized carbons (Fsp3) is 0.0833. The van der Waals surface area contributed by atoms with E-state index in [4.69, 9.17) is 16.3 Å². The van der Waals surface area contributed by atoms with Crippen LogP contribution in [0.1, 0.15) is 16.7 Å². The Morgan fingerprint density at radius 2 is 1.90 bits per heavy atom. The van der Waals surface area contributed by atoms with Crippen molar-refractivity contribution in [3.8, 4) is 11.8 Å². The van der Waals surface area contributed by atoms with Crippen LogP contribution in [0.2, 0.25) is 5.02 Å². The van der Waals surface area contributed by atoms with E-state index in [2.05, 4.69) is 11.4 Å². The molecule has 3 aromatic rings. The topological polar surface area (TPSA) is 62.1 Å². The third kappa shape index (κ3) is 5.71. The predicted molar refractivity (Wildman–Crippen MR) is 117 cm³/mol. The molecule has 0 radical (unpaired) electrons. The zero-order valence-corrected chi connectivity index (χ0v) is 16.6. The van der Waals surface area contributed by atoms with Crippen LogP contribution in [0.15, 0.2) is 72.8 Å². The Morgan fingerprint density at radius 1 is 1.10 bits per heavy atom. The van der Waals surface area contributed by atoms with Crippen LogP contribution in [0.4, 0.5) is 5.69 Å². The van der Waals surface area contributed by atoms with Gasteiger partial charge in [-0.1, -0.05) is 60.1 Å². The summed E-state index contributed by atoms with van der Waals surface area (Å²) in [5.41, 5.74) is 3.91. The lowest BCUT2D eigenvalue weighted by Gasteiger charge is -2.10. The van der Waals surface area contributed by atoms with Crippen molar-refractivity contribution in [1.29, 1.82) is 5.26 Å². The Hall–Kier alpha value is -3.55. The molecule has 0 bridgehead atoms. The lowest BCUT2D eigenvalue weighted by atomic mass is 10.0. The van der Waals surface area contributed by atoms with Crippen LogP contribution < -0.4 is 10.1 Å². The molecule has 29 heavy (non-hydrogen) atoms. The summed E-state index contributed by atoms with van der Waals surface area (Å²) < 4.78 is 5.54. The fourth-order valence-electron chi connectivity index (χ4n) is 2.75. The van der Waals surface area contributed by atoms with E-state index < -0.39 is 0 Å². The molecule has 0 fully saturated rings. The van der Waals surface area contributed by atoms with Crippen LogP contribution in [-0.4, -0.2) is 12.5 Å². The van der Waals surface area contributed by atoms with Gasteiger partial charge in [0.25, 0.3) is 5.91 Å². The van der Waals surface area contributed by atoms with Gasteiger partial charge in [-0.3, -0.25) is 4.79 Å². The number of benzene rings is 3. The molecular weight excluding hydrogens is 384 g/mol. The molecule has 0 atom stereocenters. The van der Waals surface area contributed by atoms with Crippen molar-refractivity contribution in [1.82, 2.24) is 0 Å². The largest absolute Gasteiger partial charge is 0.482 e. The normalized spacial score (nSPS) is 10.9. The molecule has 0 unspecified atom stereocenters. The molecule has 0 aliphatic carbocycles. The highest BCUT2D eigenvalue weighted by Crippen LogP contribution is 2.27. The highest BCUT2D eigenvalue weighted by atomic mass is 35.5. The van der Waals surface area contributed by atoms with Crippen LogP contribution in [0.3, 0.4) is 0 Å². The van der Waals surface area contributed by atoms with E-state index in [1.807, 2.05) is 61.5 Å². The van der Waals surface area contributed by atoms with E-state index >= 15 is 0 Å². The maximum absolute atomic E-state index is 12.1. The lowest BCUT2D eigenvalue weighted by Crippen LogP contribution is -2.20. The van der Waals surface area contributed by atoms with Gasteiger partial charge in [0.1, 0.15) is 5.75 Å². The number of nitrogens with one attached hydrogen (secondary N) is 1. The maximum Gasteiger partial charge on any atom is 0.262 e. The molecule has 3 rings (SSSR count). The molecule has 144 valence electrons. The third-order valence-corrected chi connectivity index (χ3v) is 4.43. The molecule has 0 aromatic heterocycles. The maximum atomic E-state index is 12.1. The SMILES string of the molecule is Cc1cccc(NC(=O)COc2ccc(/C=C(\C#N)c3ccccc3)cc2Cl)c1. The Bertz CT molecular complexity index is 1090. The number of carbonyl (C=O) groups is 1. The number of allylic oxidation sites excluding steroid dienone is 1. The summed E-state index contributed by atoms with van der Waals surface area (Å²) in [6.07, 6.45) is 1.76. The number of aryl methyl sites for hydroxylation is 1. The molecule has 0 saturated carbocycles. The van der Waals surface area contributed by atoms with Crippen LogP contribution >= 0.6 is 11.6 Å². The van der Waals surface area contributed by atoms with Crippen molar-refractivity contribution >= 4 is 34.8 Å². The van der Waals surface area contributed by atoms with Gasteiger partial charge >= 0.3 is 0 Å². The van der Waals surface area contributed by atoms with Crippen LogP contribution in [-0.2, 0) is 4.79 Å². The first-order valence-electron chi connectivity index (χ1n) is 9.01. The summed E-state index contributed by atoms with van der Waals surface area (Å²) in [6, 6.07) is 24.3. The minimum Gasteiger partial charge on any atom is -0.482 e. The van der Waals surface area contributed by atoms with Gasteiger partial charge in [-0.15, -0.1) is 0 Å². The number of halogens is 1. The standard InChI is InChI=1S/C24H19ClN2O2/c1-17-6-5-9-21(12-17)27-24(28)16-29-23-11-10-18(14-22(23)25)13-20(15-26)19-7-3-2-4-8-19/h2-14H,16H2,1H3,(H,27,28)/b20-13+. The van der Waals surface area contributed by atoms with Gasteiger partial charge in [0.2, 0.25) is 0 Å². The molecule has 0 spiro atoms. The van der Waals surface area contributed by atoms with E-state index in [1.165, 1.54) is 0 Å². The van der Waals surface area contributed by atoms with Crippen LogP contribution in [0, 0.1) is 18.3 Å². The number of nitrogens with zero attached hydrogens (tertiary/aromatic N) is 1. The average Bonchev–Trinajstić information content (AvgIpc) is 2.72. The van der Waals surface area contributed by atoms with E-state index in [0.717, 1.165) is 22.4 Å². The van der Waals surface area contributed by atoms with Gasteiger partial charge in [-0.05, 0) is 54.0 Å². The van der Waals surface area contributed by atoms with Crippen molar-refractivity contribution < 1.29 is 9.53 Å². The summed E-state index contributed by atoms with van der Waals surface area (Å²) >= 11 is 6.30. The first-order valence-corrected chi connectivity index (χ1v) is 9.39. The smallest absolute Gasteiger partial charge is 0.262 e. The molecule has 4 nitrogen and oxygen atoms in total. The highest BCUT2D eigenvalue weighted by Gasteiger charge is 2.08. The van der Waals surface area contributed by atoms with Crippen molar-refractivity contribution in [3.05, 3.63) is 94.5 Å². The number of ether oxygens (including phenoxy) is 1. The van der Waals surface area contributed by atoms with Crippen LogP contribution in [0.5, 0.6) is 5.75 Å². The first kappa shape index (κ1) is 20.2. The van der Waals surface area contributed by atoms with Gasteiger partial charge in [-0.2, -0.15) is 5.26 Å². The number of hydrogen-bond donors (Lipinski definition) is 1. The second-order valence-electron chi connectivity index (χ2n) is 6.43. The molecular formula is C24H19ClN2O2. The van der Waals surface area contributed by atoms with Crippen LogP contribution in [0.25, 0.3) is 11.6 Å². The number of hydrogen-bond acceptors (Lipinski definition) is 3. The molecule has 0 saturated heterocycles. The Labute approximate surface area is 175 Å². The Kier molecular flexibility index (Phi) is 6.67. The minimum atomic E-state index is -0.272. The summed E-state index contributed by atoms with van der Waals surface area (Å²) in [4.78, 5) is 12.1. The third-order valence-electron chi connectivity index (χ3n) is 4.13. The van der Waals surface area contributed by atoms with Crippen molar-refractivity contribution in [2.75, 3.05) is 11.9 Å². The zero-order chi connectivity index (χ0) is 20.6. The summed E-state index contributed by atoms with van der Waals surface area (Å²) in [6.45, 7) is 1.80. The van der Waals surface area contributed by atoms with E-state index in [-0.39, 0.29) is 12.5 Å². The quantitative estimate of drug-likeness (QED) is 0.423. The molecule has 1 N–H and O–H groups in total. The highest BCUT2D eigenvalue weighted by molar-refractivity contribution is 6.32. The number of rotatable bonds is 6. The minimum absolute atomic E-state index is 0.156. The van der Waals surface area contributed by atoms with Gasteiger partial charge in [-0.25, -0.2) is 0 Å².